The molecule has 2 rings (SSSR count). The fourth-order valence-corrected chi connectivity index (χ4v) is 4.40. The quantitative estimate of drug-likeness (QED) is 0.860. The van der Waals surface area contributed by atoms with Crippen LogP contribution >= 0.6 is 11.3 Å². The van der Waals surface area contributed by atoms with Crippen molar-refractivity contribution in [3.05, 3.63) is 16.3 Å². The van der Waals surface area contributed by atoms with Gasteiger partial charge in [-0.15, -0.1) is 11.3 Å². The maximum Gasteiger partial charge on any atom is 0.345 e. The van der Waals surface area contributed by atoms with E-state index in [1.54, 1.807) is 0 Å². The van der Waals surface area contributed by atoms with Crippen molar-refractivity contribution in [2.24, 2.45) is 0 Å². The summed E-state index contributed by atoms with van der Waals surface area (Å²) in [6.45, 7) is 1.72. The minimum Gasteiger partial charge on any atom is -0.477 e. The second-order valence-corrected chi connectivity index (χ2v) is 7.28. The molecule has 106 valence electrons. The van der Waals surface area contributed by atoms with E-state index in [0.29, 0.717) is 0 Å². The van der Waals surface area contributed by atoms with Crippen molar-refractivity contribution in [3.63, 3.8) is 0 Å². The van der Waals surface area contributed by atoms with Gasteiger partial charge < -0.3 is 10.0 Å². The highest BCUT2D eigenvalue weighted by atomic mass is 32.2. The number of piperidine rings is 1. The third-order valence-electron chi connectivity index (χ3n) is 3.14. The van der Waals surface area contributed by atoms with Crippen molar-refractivity contribution in [1.29, 1.82) is 0 Å². The molecule has 0 aromatic carbocycles. The van der Waals surface area contributed by atoms with Gasteiger partial charge in [0.25, 0.3) is 0 Å². The zero-order chi connectivity index (χ0) is 14.0. The highest BCUT2D eigenvalue weighted by Gasteiger charge is 2.24. The number of likely N-dealkylation sites (tertiary alicyclic amines) is 1. The first kappa shape index (κ1) is 14.4. The summed E-state index contributed by atoms with van der Waals surface area (Å²) in [6.07, 6.45) is 1.54. The Hall–Kier alpha value is -0.960. The van der Waals surface area contributed by atoms with Gasteiger partial charge in [0.1, 0.15) is 4.88 Å². The largest absolute Gasteiger partial charge is 0.477 e. The van der Waals surface area contributed by atoms with Crippen molar-refractivity contribution >= 4 is 27.3 Å². The van der Waals surface area contributed by atoms with Crippen LogP contribution in [0.1, 0.15) is 22.5 Å². The minimum absolute atomic E-state index is 0.0313. The number of carboxylic acids is 1. The topological polar surface area (TPSA) is 86.7 Å². The molecule has 0 amide bonds. The third kappa shape index (κ3) is 3.53. The third-order valence-corrected chi connectivity index (χ3v) is 5.70. The highest BCUT2D eigenvalue weighted by Crippen LogP contribution is 2.20. The van der Waals surface area contributed by atoms with Crippen LogP contribution < -0.4 is 4.72 Å². The molecular weight excluding hydrogens is 288 g/mol. The van der Waals surface area contributed by atoms with Crippen molar-refractivity contribution < 1.29 is 18.3 Å². The summed E-state index contributed by atoms with van der Waals surface area (Å²) in [7, 11) is -1.61. The predicted molar refractivity (Wildman–Crippen MR) is 72.1 cm³/mol. The number of hydrogen-bond acceptors (Lipinski definition) is 5. The second kappa shape index (κ2) is 5.58. The molecule has 1 fully saturated rings. The molecule has 6 nitrogen and oxygen atoms in total. The zero-order valence-corrected chi connectivity index (χ0v) is 12.1. The summed E-state index contributed by atoms with van der Waals surface area (Å²) in [6, 6.07) is 1.12. The average molecular weight is 304 g/mol. The second-order valence-electron chi connectivity index (χ2n) is 4.65. The molecule has 1 aromatic heterocycles. The zero-order valence-electron chi connectivity index (χ0n) is 10.5. The van der Waals surface area contributed by atoms with Crippen LogP contribution in [0.15, 0.2) is 16.3 Å². The number of nitrogens with zero attached hydrogens (tertiary/aromatic N) is 1. The molecule has 0 saturated carbocycles. The molecule has 1 aromatic rings. The van der Waals surface area contributed by atoms with E-state index in [-0.39, 0.29) is 15.8 Å². The molecule has 8 heteroatoms. The molecule has 1 aliphatic heterocycles. The number of carbonyl (C=O) groups is 1. The van der Waals surface area contributed by atoms with E-state index in [9.17, 15) is 13.2 Å². The van der Waals surface area contributed by atoms with E-state index in [2.05, 4.69) is 9.62 Å². The van der Waals surface area contributed by atoms with Gasteiger partial charge in [-0.25, -0.2) is 17.9 Å². The molecule has 0 spiro atoms. The van der Waals surface area contributed by atoms with Gasteiger partial charge in [0.15, 0.2) is 0 Å². The molecule has 2 heterocycles. The maximum absolute atomic E-state index is 12.1. The van der Waals surface area contributed by atoms with Crippen LogP contribution in [0.5, 0.6) is 0 Å². The number of thiophene rings is 1. The van der Waals surface area contributed by atoms with Gasteiger partial charge in [0, 0.05) is 11.4 Å². The fraction of sp³-hybridized carbons (Fsp3) is 0.545. The number of sulfonamides is 1. The summed E-state index contributed by atoms with van der Waals surface area (Å²) in [4.78, 5) is 13.0. The van der Waals surface area contributed by atoms with Crippen LogP contribution in [0.3, 0.4) is 0 Å². The summed E-state index contributed by atoms with van der Waals surface area (Å²) < 4.78 is 26.9. The standard InChI is InChI=1S/C11H16N2O4S2/c1-13-4-2-8(3-5-13)12-19(16,17)9-6-10(11(14)15)18-7-9/h6-8,12H,2-5H2,1H3,(H,14,15). The Kier molecular flexibility index (Phi) is 4.24. The molecule has 0 radical (unpaired) electrons. The number of hydrogen-bond donors (Lipinski definition) is 2. The summed E-state index contributed by atoms with van der Waals surface area (Å²) >= 11 is 0.920. The molecule has 1 saturated heterocycles. The first-order chi connectivity index (χ1) is 8.88. The van der Waals surface area contributed by atoms with E-state index in [4.69, 9.17) is 5.11 Å². The molecule has 19 heavy (non-hydrogen) atoms. The lowest BCUT2D eigenvalue weighted by Gasteiger charge is -2.29. The van der Waals surface area contributed by atoms with Gasteiger partial charge in [0.2, 0.25) is 10.0 Å². The van der Waals surface area contributed by atoms with Crippen LogP contribution in [0, 0.1) is 0 Å². The molecule has 0 bridgehead atoms. The Bertz CT molecular complexity index is 559. The Balaban J connectivity index is 2.07. The smallest absolute Gasteiger partial charge is 0.345 e. The minimum atomic E-state index is -3.61. The normalized spacial score (nSPS) is 18.6. The van der Waals surface area contributed by atoms with Crippen molar-refractivity contribution in [2.45, 2.75) is 23.8 Å². The Labute approximate surface area is 116 Å². The number of nitrogens with one attached hydrogen (secondary N) is 1. The van der Waals surface area contributed by atoms with Gasteiger partial charge in [-0.3, -0.25) is 0 Å². The van der Waals surface area contributed by atoms with Gasteiger partial charge in [-0.05, 0) is 39.0 Å². The van der Waals surface area contributed by atoms with E-state index in [0.717, 1.165) is 37.3 Å². The van der Waals surface area contributed by atoms with Crippen molar-refractivity contribution in [2.75, 3.05) is 20.1 Å². The SMILES string of the molecule is CN1CCC(NS(=O)(=O)c2csc(C(=O)O)c2)CC1. The fourth-order valence-electron chi connectivity index (χ4n) is 1.99. The molecule has 0 aliphatic carbocycles. The van der Waals surface area contributed by atoms with Crippen LogP contribution in [-0.4, -0.2) is 50.6 Å². The molecular formula is C11H16N2O4S2. The van der Waals surface area contributed by atoms with E-state index >= 15 is 0 Å². The highest BCUT2D eigenvalue weighted by molar-refractivity contribution is 7.89. The maximum atomic E-state index is 12.1. The summed E-state index contributed by atoms with van der Waals surface area (Å²) in [5.41, 5.74) is 0. The van der Waals surface area contributed by atoms with Crippen molar-refractivity contribution in [3.8, 4) is 0 Å². The van der Waals surface area contributed by atoms with Crippen LogP contribution in [0.2, 0.25) is 0 Å². The summed E-state index contributed by atoms with van der Waals surface area (Å²) in [5.74, 6) is -1.11. The molecule has 2 N–H and O–H groups in total. The number of rotatable bonds is 4. The van der Waals surface area contributed by atoms with Gasteiger partial charge in [-0.1, -0.05) is 0 Å². The average Bonchev–Trinajstić information content (AvgIpc) is 2.82. The first-order valence-corrected chi connectivity index (χ1v) is 8.27. The van der Waals surface area contributed by atoms with Crippen LogP contribution in [0.25, 0.3) is 0 Å². The van der Waals surface area contributed by atoms with Crippen LogP contribution in [0.4, 0.5) is 0 Å². The molecule has 0 atom stereocenters. The van der Waals surface area contributed by atoms with Crippen molar-refractivity contribution in [1.82, 2.24) is 9.62 Å². The van der Waals surface area contributed by atoms with Crippen LogP contribution in [-0.2, 0) is 10.0 Å². The number of aromatic carboxylic acids is 1. The monoisotopic (exact) mass is 304 g/mol. The van der Waals surface area contributed by atoms with E-state index in [1.807, 2.05) is 7.05 Å². The molecule has 0 unspecified atom stereocenters. The number of carboxylic acid groups (broad SMARTS) is 1. The van der Waals surface area contributed by atoms with Gasteiger partial charge in [0.05, 0.1) is 4.90 Å². The van der Waals surface area contributed by atoms with E-state index < -0.39 is 16.0 Å². The van der Waals surface area contributed by atoms with Gasteiger partial charge >= 0.3 is 5.97 Å². The first-order valence-electron chi connectivity index (χ1n) is 5.91. The Morgan fingerprint density at radius 1 is 1.47 bits per heavy atom. The lowest BCUT2D eigenvalue weighted by Crippen LogP contribution is -2.43. The lowest BCUT2D eigenvalue weighted by atomic mass is 10.1. The van der Waals surface area contributed by atoms with Gasteiger partial charge in [-0.2, -0.15) is 0 Å². The van der Waals surface area contributed by atoms with E-state index in [1.165, 1.54) is 11.4 Å². The summed E-state index contributed by atoms with van der Waals surface area (Å²) in [5, 5.41) is 10.2. The Morgan fingerprint density at radius 3 is 2.63 bits per heavy atom. The predicted octanol–water partition coefficient (Wildman–Crippen LogP) is 0.819. The Morgan fingerprint density at radius 2 is 2.11 bits per heavy atom. The lowest BCUT2D eigenvalue weighted by molar-refractivity contribution is 0.0702. The molecule has 1 aliphatic rings.